The molecule has 1 unspecified atom stereocenters. The van der Waals surface area contributed by atoms with E-state index in [-0.39, 0.29) is 26.2 Å². The van der Waals surface area contributed by atoms with Crippen molar-refractivity contribution in [1.82, 2.24) is 10.3 Å². The number of nitrogens with one attached hydrogen (secondary N) is 2. The van der Waals surface area contributed by atoms with Crippen LogP contribution in [0.2, 0.25) is 0 Å². The van der Waals surface area contributed by atoms with Gasteiger partial charge in [0.05, 0.1) is 6.61 Å². The molecule has 3 N–H and O–H groups in total. The fourth-order valence-electron chi connectivity index (χ4n) is 2.87. The minimum Gasteiger partial charge on any atom is -0.462 e. The lowest BCUT2D eigenvalue weighted by Gasteiger charge is -2.17. The van der Waals surface area contributed by atoms with Crippen molar-refractivity contribution >= 4 is 23.0 Å². The molecule has 0 aliphatic carbocycles. The number of aromatic amines is 1. The van der Waals surface area contributed by atoms with E-state index in [1.165, 1.54) is 0 Å². The highest BCUT2D eigenvalue weighted by atomic mass is 16.6. The lowest BCUT2D eigenvalue weighted by molar-refractivity contribution is -0.147. The summed E-state index contributed by atoms with van der Waals surface area (Å²) in [5.41, 5.74) is 2.64. The van der Waals surface area contributed by atoms with Crippen LogP contribution in [0.4, 0.5) is 4.79 Å². The molecule has 1 atom stereocenters. The largest absolute Gasteiger partial charge is 0.462 e. The van der Waals surface area contributed by atoms with E-state index in [0.717, 1.165) is 22.0 Å². The number of carbonyl (C=O) groups excluding carboxylic acids is 2. The molecule has 0 fully saturated rings. The molecule has 1 heterocycles. The average molecular weight is 382 g/mol. The van der Waals surface area contributed by atoms with E-state index in [1.54, 1.807) is 6.20 Å². The van der Waals surface area contributed by atoms with Gasteiger partial charge in [0.25, 0.3) is 0 Å². The molecular formula is C21H22N2O5. The number of para-hydroxylation sites is 1. The van der Waals surface area contributed by atoms with Gasteiger partial charge in [-0.25, -0.2) is 9.59 Å². The molecule has 2 aromatic carbocycles. The molecule has 1 amide bonds. The highest BCUT2D eigenvalue weighted by Crippen LogP contribution is 2.19. The maximum atomic E-state index is 12.4. The fraction of sp³-hybridized carbons (Fsp3) is 0.238. The summed E-state index contributed by atoms with van der Waals surface area (Å²) in [7, 11) is 0. The summed E-state index contributed by atoms with van der Waals surface area (Å²) in [6.45, 7) is -0.327. The summed E-state index contributed by atoms with van der Waals surface area (Å²) in [4.78, 5) is 27.7. The van der Waals surface area contributed by atoms with Crippen molar-refractivity contribution in [1.29, 1.82) is 0 Å². The molecule has 1 aromatic heterocycles. The first-order chi connectivity index (χ1) is 13.7. The molecule has 0 spiro atoms. The van der Waals surface area contributed by atoms with Gasteiger partial charge in [0.15, 0.2) is 0 Å². The Morgan fingerprint density at radius 3 is 2.57 bits per heavy atom. The molecule has 7 heteroatoms. The van der Waals surface area contributed by atoms with Gasteiger partial charge in [-0.1, -0.05) is 48.5 Å². The van der Waals surface area contributed by atoms with Gasteiger partial charge < -0.3 is 24.9 Å². The Kier molecular flexibility index (Phi) is 6.64. The van der Waals surface area contributed by atoms with E-state index in [0.29, 0.717) is 0 Å². The number of aromatic nitrogens is 1. The van der Waals surface area contributed by atoms with Crippen LogP contribution < -0.4 is 5.32 Å². The topological polar surface area (TPSA) is 101 Å². The summed E-state index contributed by atoms with van der Waals surface area (Å²) in [5, 5.41) is 12.4. The number of carbonyl (C=O) groups is 2. The van der Waals surface area contributed by atoms with Gasteiger partial charge in [0.2, 0.25) is 0 Å². The summed E-state index contributed by atoms with van der Waals surface area (Å²) >= 11 is 0. The lowest BCUT2D eigenvalue weighted by atomic mass is 10.1. The zero-order chi connectivity index (χ0) is 19.8. The van der Waals surface area contributed by atoms with Crippen molar-refractivity contribution in [3.8, 4) is 0 Å². The zero-order valence-electron chi connectivity index (χ0n) is 15.3. The van der Waals surface area contributed by atoms with Gasteiger partial charge in [-0.3, -0.25) is 0 Å². The standard InChI is InChI=1S/C21H22N2O5/c24-10-11-27-20(25)19(12-16-13-22-18-9-5-4-8-17(16)18)23-21(26)28-14-15-6-2-1-3-7-15/h1-9,13,19,22,24H,10-12,14H2,(H,23,26). The number of esters is 1. The molecule has 7 nitrogen and oxygen atoms in total. The third-order valence-corrected chi connectivity index (χ3v) is 4.22. The monoisotopic (exact) mass is 382 g/mol. The second kappa shape index (κ2) is 9.57. The van der Waals surface area contributed by atoms with Crippen molar-refractivity contribution in [2.45, 2.75) is 19.1 Å². The van der Waals surface area contributed by atoms with Crippen LogP contribution in [0.5, 0.6) is 0 Å². The van der Waals surface area contributed by atoms with Crippen molar-refractivity contribution in [3.05, 3.63) is 71.9 Å². The van der Waals surface area contributed by atoms with Gasteiger partial charge in [0, 0.05) is 23.5 Å². The number of amides is 1. The average Bonchev–Trinajstić information content (AvgIpc) is 3.13. The van der Waals surface area contributed by atoms with Crippen molar-refractivity contribution in [2.24, 2.45) is 0 Å². The third-order valence-electron chi connectivity index (χ3n) is 4.22. The summed E-state index contributed by atoms with van der Waals surface area (Å²) < 4.78 is 10.2. The predicted octanol–water partition coefficient (Wildman–Crippen LogP) is 2.54. The Morgan fingerprint density at radius 2 is 1.79 bits per heavy atom. The van der Waals surface area contributed by atoms with Crippen LogP contribution in [0.25, 0.3) is 10.9 Å². The Morgan fingerprint density at radius 1 is 1.04 bits per heavy atom. The van der Waals surface area contributed by atoms with Crippen LogP contribution in [0.1, 0.15) is 11.1 Å². The quantitative estimate of drug-likeness (QED) is 0.520. The molecule has 28 heavy (non-hydrogen) atoms. The molecule has 0 bridgehead atoms. The van der Waals surface area contributed by atoms with Crippen molar-refractivity contribution in [2.75, 3.05) is 13.2 Å². The molecule has 0 radical (unpaired) electrons. The number of hydrogen-bond donors (Lipinski definition) is 3. The molecule has 3 aromatic rings. The van der Waals surface area contributed by atoms with E-state index in [9.17, 15) is 9.59 Å². The Hall–Kier alpha value is -3.32. The number of H-pyrrole nitrogens is 1. The number of aliphatic hydroxyl groups is 1. The Balaban J connectivity index is 1.67. The Bertz CT molecular complexity index is 923. The first-order valence-electron chi connectivity index (χ1n) is 8.97. The van der Waals surface area contributed by atoms with E-state index in [1.807, 2.05) is 54.6 Å². The molecule has 0 saturated heterocycles. The van der Waals surface area contributed by atoms with E-state index in [2.05, 4.69) is 10.3 Å². The molecule has 0 aliphatic rings. The van der Waals surface area contributed by atoms with Gasteiger partial charge >= 0.3 is 12.1 Å². The van der Waals surface area contributed by atoms with E-state index >= 15 is 0 Å². The number of aliphatic hydroxyl groups excluding tert-OH is 1. The third kappa shape index (κ3) is 5.11. The molecule has 0 aliphatic heterocycles. The number of fused-ring (bicyclic) bond motifs is 1. The summed E-state index contributed by atoms with van der Waals surface area (Å²) in [6, 6.07) is 16.0. The normalized spacial score (nSPS) is 11.8. The van der Waals surface area contributed by atoms with Gasteiger partial charge in [-0.2, -0.15) is 0 Å². The van der Waals surface area contributed by atoms with Crippen LogP contribution in [0.15, 0.2) is 60.8 Å². The number of rotatable bonds is 8. The van der Waals surface area contributed by atoms with Gasteiger partial charge in [0.1, 0.15) is 19.3 Å². The second-order valence-corrected chi connectivity index (χ2v) is 6.21. The second-order valence-electron chi connectivity index (χ2n) is 6.21. The SMILES string of the molecule is O=C(NC(Cc1c[nH]c2ccccc12)C(=O)OCCO)OCc1ccccc1. The van der Waals surface area contributed by atoms with Gasteiger partial charge in [-0.05, 0) is 17.2 Å². The molecule has 146 valence electrons. The number of benzene rings is 2. The molecule has 3 rings (SSSR count). The highest BCUT2D eigenvalue weighted by Gasteiger charge is 2.24. The van der Waals surface area contributed by atoms with Gasteiger partial charge in [-0.15, -0.1) is 0 Å². The minimum absolute atomic E-state index is 0.0954. The minimum atomic E-state index is -0.936. The first-order valence-corrected chi connectivity index (χ1v) is 8.97. The van der Waals surface area contributed by atoms with Crippen molar-refractivity contribution in [3.63, 3.8) is 0 Å². The first kappa shape index (κ1) is 19.4. The molecule has 0 saturated carbocycles. The fourth-order valence-corrected chi connectivity index (χ4v) is 2.87. The van der Waals surface area contributed by atoms with E-state index in [4.69, 9.17) is 14.6 Å². The number of hydrogen-bond acceptors (Lipinski definition) is 5. The van der Waals surface area contributed by atoms with Crippen LogP contribution in [0, 0.1) is 0 Å². The van der Waals surface area contributed by atoms with Crippen LogP contribution in [-0.4, -0.2) is 41.4 Å². The maximum absolute atomic E-state index is 12.4. The maximum Gasteiger partial charge on any atom is 0.408 e. The van der Waals surface area contributed by atoms with Crippen LogP contribution in [-0.2, 0) is 27.3 Å². The Labute approximate surface area is 162 Å². The summed E-state index contributed by atoms with van der Waals surface area (Å²) in [5.74, 6) is -0.629. The molecular weight excluding hydrogens is 360 g/mol. The number of ether oxygens (including phenoxy) is 2. The smallest absolute Gasteiger partial charge is 0.408 e. The summed E-state index contributed by atoms with van der Waals surface area (Å²) in [6.07, 6.45) is 1.32. The van der Waals surface area contributed by atoms with Crippen LogP contribution in [0.3, 0.4) is 0 Å². The lowest BCUT2D eigenvalue weighted by Crippen LogP contribution is -2.43. The van der Waals surface area contributed by atoms with Crippen LogP contribution >= 0.6 is 0 Å². The number of alkyl carbamates (subject to hydrolysis) is 1. The van der Waals surface area contributed by atoms with E-state index < -0.39 is 18.1 Å². The van der Waals surface area contributed by atoms with Crippen molar-refractivity contribution < 1.29 is 24.2 Å². The predicted molar refractivity (Wildman–Crippen MR) is 104 cm³/mol. The highest BCUT2D eigenvalue weighted by molar-refractivity contribution is 5.86. The zero-order valence-corrected chi connectivity index (χ0v) is 15.3.